The van der Waals surface area contributed by atoms with Crippen molar-refractivity contribution < 1.29 is 29.3 Å². The number of amides is 2. The number of hydrogen-bond acceptors (Lipinski definition) is 6. The molecule has 0 aliphatic carbocycles. The van der Waals surface area contributed by atoms with Crippen LogP contribution in [0.5, 0.6) is 11.5 Å². The molecule has 0 aromatic heterocycles. The van der Waals surface area contributed by atoms with Crippen molar-refractivity contribution in [1.82, 2.24) is 9.80 Å². The van der Waals surface area contributed by atoms with Crippen LogP contribution in [-0.4, -0.2) is 70.1 Å². The number of carbonyl (C=O) groups is 3. The van der Waals surface area contributed by atoms with Crippen molar-refractivity contribution in [2.45, 2.75) is 19.0 Å². The van der Waals surface area contributed by atoms with Crippen molar-refractivity contribution in [3.8, 4) is 11.5 Å². The average Bonchev–Trinajstić information content (AvgIpc) is 2.72. The van der Waals surface area contributed by atoms with Gasteiger partial charge in [0.15, 0.2) is 0 Å². The Morgan fingerprint density at radius 1 is 0.862 bits per heavy atom. The Morgan fingerprint density at radius 3 is 1.83 bits per heavy atom. The number of phenolic OH excluding ortho intramolecular Hbond substituents is 2. The van der Waals surface area contributed by atoms with E-state index in [2.05, 4.69) is 0 Å². The van der Waals surface area contributed by atoms with Gasteiger partial charge in [0.1, 0.15) is 17.5 Å². The number of aromatic hydroxyl groups is 2. The monoisotopic (exact) mass is 398 g/mol. The van der Waals surface area contributed by atoms with Crippen LogP contribution in [0.3, 0.4) is 0 Å². The Labute approximate surface area is 167 Å². The van der Waals surface area contributed by atoms with E-state index in [1.807, 2.05) is 0 Å². The summed E-state index contributed by atoms with van der Waals surface area (Å²) < 4.78 is 4.85. The molecule has 0 bridgehead atoms. The molecule has 8 heteroatoms. The molecule has 152 valence electrons. The highest BCUT2D eigenvalue weighted by molar-refractivity contribution is 6.00. The number of carbonyl (C=O) groups excluding carboxylic acids is 3. The second-order valence-corrected chi connectivity index (χ2v) is 6.84. The van der Waals surface area contributed by atoms with Crippen molar-refractivity contribution in [1.29, 1.82) is 0 Å². The van der Waals surface area contributed by atoms with Gasteiger partial charge >= 0.3 is 5.97 Å². The first-order valence-electron chi connectivity index (χ1n) is 9.11. The van der Waals surface area contributed by atoms with E-state index in [0.717, 1.165) is 0 Å². The summed E-state index contributed by atoms with van der Waals surface area (Å²) in [5.41, 5.74) is 0.178. The van der Waals surface area contributed by atoms with Gasteiger partial charge in [-0.3, -0.25) is 9.59 Å². The van der Waals surface area contributed by atoms with E-state index in [-0.39, 0.29) is 35.7 Å². The minimum Gasteiger partial charge on any atom is -0.507 e. The number of rotatable bonds is 3. The topological polar surface area (TPSA) is 107 Å². The summed E-state index contributed by atoms with van der Waals surface area (Å²) in [7, 11) is 1.21. The molecule has 1 aliphatic heterocycles. The van der Waals surface area contributed by atoms with Gasteiger partial charge in [-0.25, -0.2) is 4.79 Å². The number of para-hydroxylation sites is 2. The highest BCUT2D eigenvalue weighted by Crippen LogP contribution is 2.26. The van der Waals surface area contributed by atoms with Crippen LogP contribution in [0.2, 0.25) is 0 Å². The fraction of sp³-hybridized carbons (Fsp3) is 0.286. The average molecular weight is 398 g/mol. The Hall–Kier alpha value is -3.55. The third-order valence-electron chi connectivity index (χ3n) is 5.00. The molecule has 0 spiro atoms. The predicted octanol–water partition coefficient (Wildman–Crippen LogP) is 1.63. The number of esters is 1. The number of piperazine rings is 1. The molecule has 2 atom stereocenters. The Kier molecular flexibility index (Phi) is 5.72. The van der Waals surface area contributed by atoms with Crippen LogP contribution >= 0.6 is 0 Å². The maximum Gasteiger partial charge on any atom is 0.330 e. The first kappa shape index (κ1) is 20.2. The predicted molar refractivity (Wildman–Crippen MR) is 104 cm³/mol. The summed E-state index contributed by atoms with van der Waals surface area (Å²) in [6.45, 7) is 1.71. The number of methoxy groups -OCH3 is 1. The van der Waals surface area contributed by atoms with Crippen LogP contribution in [0.4, 0.5) is 0 Å². The van der Waals surface area contributed by atoms with Crippen molar-refractivity contribution in [3.63, 3.8) is 0 Å². The SMILES string of the molecule is COC(=O)[C@@H]1CN(C(=O)c2ccccc2O)[C@@H](C)CN1C(=O)c1ccccc1O. The molecule has 0 radical (unpaired) electrons. The summed E-state index contributed by atoms with van der Waals surface area (Å²) in [6, 6.07) is 10.7. The molecule has 8 nitrogen and oxygen atoms in total. The third-order valence-corrected chi connectivity index (χ3v) is 5.00. The minimum absolute atomic E-state index is 0.0618. The van der Waals surface area contributed by atoms with Crippen LogP contribution in [0.15, 0.2) is 48.5 Å². The highest BCUT2D eigenvalue weighted by Gasteiger charge is 2.42. The summed E-state index contributed by atoms with van der Waals surface area (Å²) in [4.78, 5) is 41.1. The van der Waals surface area contributed by atoms with Gasteiger partial charge in [0.25, 0.3) is 11.8 Å². The molecule has 1 fully saturated rings. The zero-order chi connectivity index (χ0) is 21.1. The lowest BCUT2D eigenvalue weighted by Crippen LogP contribution is -2.63. The van der Waals surface area contributed by atoms with E-state index in [4.69, 9.17) is 4.74 Å². The molecule has 1 heterocycles. The van der Waals surface area contributed by atoms with Gasteiger partial charge in [-0.05, 0) is 31.2 Å². The number of ether oxygens (including phenoxy) is 1. The zero-order valence-corrected chi connectivity index (χ0v) is 16.1. The molecule has 1 aliphatic rings. The van der Waals surface area contributed by atoms with Gasteiger partial charge in [-0.2, -0.15) is 0 Å². The molecule has 2 amide bonds. The summed E-state index contributed by atoms with van der Waals surface area (Å²) in [6.07, 6.45) is 0. The fourth-order valence-corrected chi connectivity index (χ4v) is 3.44. The lowest BCUT2D eigenvalue weighted by atomic mass is 10.0. The summed E-state index contributed by atoms with van der Waals surface area (Å²) >= 11 is 0. The van der Waals surface area contributed by atoms with Crippen LogP contribution in [-0.2, 0) is 9.53 Å². The van der Waals surface area contributed by atoms with E-state index in [1.165, 1.54) is 41.2 Å². The lowest BCUT2D eigenvalue weighted by molar-refractivity contribution is -0.148. The second-order valence-electron chi connectivity index (χ2n) is 6.84. The third kappa shape index (κ3) is 3.87. The highest BCUT2D eigenvalue weighted by atomic mass is 16.5. The number of benzene rings is 2. The maximum absolute atomic E-state index is 13.0. The van der Waals surface area contributed by atoms with E-state index in [1.54, 1.807) is 31.2 Å². The second kappa shape index (κ2) is 8.22. The Bertz CT molecular complexity index is 944. The van der Waals surface area contributed by atoms with Crippen LogP contribution in [0.25, 0.3) is 0 Å². The van der Waals surface area contributed by atoms with Crippen LogP contribution < -0.4 is 0 Å². The lowest BCUT2D eigenvalue weighted by Gasteiger charge is -2.44. The number of nitrogens with zero attached hydrogens (tertiary/aromatic N) is 2. The largest absolute Gasteiger partial charge is 0.507 e. The molecular weight excluding hydrogens is 376 g/mol. The molecule has 0 saturated carbocycles. The first-order chi connectivity index (χ1) is 13.8. The zero-order valence-electron chi connectivity index (χ0n) is 16.1. The van der Waals surface area contributed by atoms with Crippen molar-refractivity contribution >= 4 is 17.8 Å². The normalized spacial score (nSPS) is 19.0. The Balaban J connectivity index is 1.92. The van der Waals surface area contributed by atoms with Gasteiger partial charge < -0.3 is 24.7 Å². The summed E-state index contributed by atoms with van der Waals surface area (Å²) in [5, 5.41) is 20.0. The van der Waals surface area contributed by atoms with Crippen LogP contribution in [0.1, 0.15) is 27.6 Å². The molecule has 3 rings (SSSR count). The van der Waals surface area contributed by atoms with Gasteiger partial charge in [0.05, 0.1) is 24.8 Å². The van der Waals surface area contributed by atoms with Gasteiger partial charge in [-0.15, -0.1) is 0 Å². The quantitative estimate of drug-likeness (QED) is 0.761. The molecule has 2 N–H and O–H groups in total. The van der Waals surface area contributed by atoms with E-state index >= 15 is 0 Å². The van der Waals surface area contributed by atoms with Gasteiger partial charge in [-0.1, -0.05) is 24.3 Å². The van der Waals surface area contributed by atoms with E-state index in [0.29, 0.717) is 0 Å². The van der Waals surface area contributed by atoms with Crippen LogP contribution in [0, 0.1) is 0 Å². The van der Waals surface area contributed by atoms with Gasteiger partial charge in [0, 0.05) is 12.6 Å². The smallest absolute Gasteiger partial charge is 0.330 e. The molecule has 29 heavy (non-hydrogen) atoms. The van der Waals surface area contributed by atoms with Gasteiger partial charge in [0.2, 0.25) is 0 Å². The van der Waals surface area contributed by atoms with Crippen molar-refractivity contribution in [3.05, 3.63) is 59.7 Å². The van der Waals surface area contributed by atoms with E-state index in [9.17, 15) is 24.6 Å². The molecule has 2 aromatic carbocycles. The standard InChI is InChI=1S/C21H22N2O6/c1-13-11-23(20(27)15-8-4-6-10-18(15)25)16(21(28)29-2)12-22(13)19(26)14-7-3-5-9-17(14)24/h3-10,13,16,24-25H,11-12H2,1-2H3/t13-,16-/m0/s1. The van der Waals surface area contributed by atoms with Crippen molar-refractivity contribution in [2.24, 2.45) is 0 Å². The fourth-order valence-electron chi connectivity index (χ4n) is 3.44. The van der Waals surface area contributed by atoms with Crippen molar-refractivity contribution in [2.75, 3.05) is 20.2 Å². The molecule has 0 unspecified atom stereocenters. The molecule has 1 saturated heterocycles. The maximum atomic E-state index is 13.0. The number of hydrogen-bond donors (Lipinski definition) is 2. The molecular formula is C21H22N2O6. The molecule has 2 aromatic rings. The minimum atomic E-state index is -1.04. The first-order valence-corrected chi connectivity index (χ1v) is 9.11. The van der Waals surface area contributed by atoms with E-state index < -0.39 is 29.9 Å². The summed E-state index contributed by atoms with van der Waals surface area (Å²) in [5.74, 6) is -2.00. The Morgan fingerprint density at radius 2 is 1.34 bits per heavy atom. The number of phenols is 2.